The maximum absolute atomic E-state index is 13.1. The van der Waals surface area contributed by atoms with E-state index in [-0.39, 0.29) is 18.0 Å². The zero-order valence-electron chi connectivity index (χ0n) is 19.3. The van der Waals surface area contributed by atoms with Gasteiger partial charge in [0.15, 0.2) is 5.82 Å². The molecular formula is C23H34N8O. The fraction of sp³-hybridized carbons (Fsp3) is 0.652. The van der Waals surface area contributed by atoms with E-state index < -0.39 is 0 Å². The van der Waals surface area contributed by atoms with Crippen LogP contribution in [0.4, 0.5) is 17.6 Å². The van der Waals surface area contributed by atoms with Crippen molar-refractivity contribution in [3.8, 4) is 0 Å². The summed E-state index contributed by atoms with van der Waals surface area (Å²) < 4.78 is 0. The van der Waals surface area contributed by atoms with Crippen LogP contribution in [0.25, 0.3) is 0 Å². The van der Waals surface area contributed by atoms with Crippen molar-refractivity contribution in [3.05, 3.63) is 23.0 Å². The van der Waals surface area contributed by atoms with Gasteiger partial charge in [-0.25, -0.2) is 4.98 Å². The topological polar surface area (TPSA) is 102 Å². The number of likely N-dealkylation sites (tertiary alicyclic amines) is 1. The average molecular weight is 439 g/mol. The molecule has 0 radical (unpaired) electrons. The first kappa shape index (κ1) is 21.2. The number of anilines is 3. The highest BCUT2D eigenvalue weighted by molar-refractivity contribution is 5.85. The third-order valence-corrected chi connectivity index (χ3v) is 6.94. The molecule has 0 spiro atoms. The van der Waals surface area contributed by atoms with Gasteiger partial charge in [0.1, 0.15) is 11.9 Å². The van der Waals surface area contributed by atoms with Crippen molar-refractivity contribution in [1.82, 2.24) is 30.4 Å². The second-order valence-electron chi connectivity index (χ2n) is 9.75. The maximum atomic E-state index is 13.1. The van der Waals surface area contributed by atoms with E-state index in [2.05, 4.69) is 51.5 Å². The first-order valence-electron chi connectivity index (χ1n) is 12.0. The summed E-state index contributed by atoms with van der Waals surface area (Å²) in [7, 11) is 2.10. The number of hydrogen-bond acceptors (Lipinski definition) is 7. The maximum Gasteiger partial charge on any atom is 0.243 e. The van der Waals surface area contributed by atoms with Crippen LogP contribution in [0, 0.1) is 0 Å². The summed E-state index contributed by atoms with van der Waals surface area (Å²) in [6.45, 7) is 7.04. The van der Waals surface area contributed by atoms with Crippen molar-refractivity contribution in [2.45, 2.75) is 70.4 Å². The van der Waals surface area contributed by atoms with Crippen molar-refractivity contribution in [2.24, 2.45) is 0 Å². The Hall–Kier alpha value is -2.68. The van der Waals surface area contributed by atoms with E-state index in [9.17, 15) is 4.79 Å². The van der Waals surface area contributed by atoms with E-state index in [1.54, 1.807) is 0 Å². The molecule has 9 nitrogen and oxygen atoms in total. The van der Waals surface area contributed by atoms with Gasteiger partial charge in [0, 0.05) is 36.5 Å². The van der Waals surface area contributed by atoms with Gasteiger partial charge in [-0.1, -0.05) is 13.8 Å². The molecule has 2 aliphatic heterocycles. The first-order valence-corrected chi connectivity index (χ1v) is 12.0. The van der Waals surface area contributed by atoms with Crippen LogP contribution >= 0.6 is 0 Å². The second kappa shape index (κ2) is 8.69. The number of nitrogens with zero attached hydrogens (tertiary/aromatic N) is 5. The average Bonchev–Trinajstić information content (AvgIpc) is 3.54. The summed E-state index contributed by atoms with van der Waals surface area (Å²) in [5.74, 6) is 2.75. The van der Waals surface area contributed by atoms with Gasteiger partial charge in [-0.2, -0.15) is 10.1 Å². The van der Waals surface area contributed by atoms with Gasteiger partial charge in [-0.05, 0) is 58.0 Å². The number of aromatic nitrogens is 4. The van der Waals surface area contributed by atoms with E-state index in [4.69, 9.17) is 9.97 Å². The van der Waals surface area contributed by atoms with Crippen LogP contribution in [0.5, 0.6) is 0 Å². The molecule has 2 fully saturated rings. The number of fused-ring (bicyclic) bond motifs is 1. The van der Waals surface area contributed by atoms with Gasteiger partial charge in [0.05, 0.1) is 5.69 Å². The lowest BCUT2D eigenvalue weighted by molar-refractivity contribution is -0.122. The van der Waals surface area contributed by atoms with Crippen molar-refractivity contribution >= 4 is 23.5 Å². The molecule has 3 aliphatic rings. The fourth-order valence-electron chi connectivity index (χ4n) is 5.10. The van der Waals surface area contributed by atoms with Gasteiger partial charge in [0.2, 0.25) is 11.9 Å². The summed E-state index contributed by atoms with van der Waals surface area (Å²) in [4.78, 5) is 27.3. The summed E-state index contributed by atoms with van der Waals surface area (Å²) in [5, 5.41) is 14.2. The third kappa shape index (κ3) is 4.18. The van der Waals surface area contributed by atoms with Crippen LogP contribution in [0.3, 0.4) is 0 Å². The monoisotopic (exact) mass is 438 g/mol. The van der Waals surface area contributed by atoms with E-state index in [0.29, 0.717) is 11.9 Å². The Kier molecular flexibility index (Phi) is 5.75. The number of aromatic amines is 1. The Balaban J connectivity index is 1.37. The highest BCUT2D eigenvalue weighted by Crippen LogP contribution is 2.32. The predicted molar refractivity (Wildman–Crippen MR) is 124 cm³/mol. The first-order chi connectivity index (χ1) is 15.5. The largest absolute Gasteiger partial charge is 0.350 e. The lowest BCUT2D eigenvalue weighted by atomic mass is 10.1. The van der Waals surface area contributed by atoms with Crippen molar-refractivity contribution in [3.63, 3.8) is 0 Å². The number of H-pyrrole nitrogens is 1. The van der Waals surface area contributed by atoms with Crippen LogP contribution in [0.15, 0.2) is 6.07 Å². The molecular weight excluding hydrogens is 404 g/mol. The van der Waals surface area contributed by atoms with Crippen LogP contribution < -0.4 is 15.5 Å². The van der Waals surface area contributed by atoms with Crippen molar-refractivity contribution in [1.29, 1.82) is 0 Å². The smallest absolute Gasteiger partial charge is 0.243 e. The number of likely N-dealkylation sites (N-methyl/N-ethyl adjacent to an activating group) is 1. The minimum atomic E-state index is -0.203. The van der Waals surface area contributed by atoms with Gasteiger partial charge in [0.25, 0.3) is 0 Å². The summed E-state index contributed by atoms with van der Waals surface area (Å²) in [6, 6.07) is 2.08. The molecule has 32 heavy (non-hydrogen) atoms. The second-order valence-corrected chi connectivity index (χ2v) is 9.75. The Morgan fingerprint density at radius 2 is 2.06 bits per heavy atom. The Labute approximate surface area is 189 Å². The molecule has 2 atom stereocenters. The molecule has 0 saturated carbocycles. The molecule has 5 rings (SSSR count). The van der Waals surface area contributed by atoms with Gasteiger partial charge in [-0.15, -0.1) is 0 Å². The number of nitrogens with one attached hydrogen (secondary N) is 3. The zero-order valence-corrected chi connectivity index (χ0v) is 19.3. The molecule has 2 aromatic rings. The Bertz CT molecular complexity index is 986. The number of carbonyl (C=O) groups excluding carboxylic acids is 1. The molecule has 3 N–H and O–H groups in total. The number of rotatable bonds is 6. The van der Waals surface area contributed by atoms with Crippen LogP contribution in [-0.4, -0.2) is 69.7 Å². The minimum absolute atomic E-state index is 0.107. The molecule has 2 aromatic heterocycles. The molecule has 2 saturated heterocycles. The highest BCUT2D eigenvalue weighted by atomic mass is 16.2. The lowest BCUT2D eigenvalue weighted by Crippen LogP contribution is -2.48. The normalized spacial score (nSPS) is 23.2. The summed E-state index contributed by atoms with van der Waals surface area (Å²) in [5.41, 5.74) is 3.37. The van der Waals surface area contributed by atoms with E-state index >= 15 is 0 Å². The van der Waals surface area contributed by atoms with Gasteiger partial charge >= 0.3 is 0 Å². The zero-order chi connectivity index (χ0) is 22.2. The molecule has 1 aliphatic carbocycles. The molecule has 0 unspecified atom stereocenters. The van der Waals surface area contributed by atoms with Crippen molar-refractivity contribution in [2.75, 3.05) is 36.9 Å². The molecule has 4 heterocycles. The summed E-state index contributed by atoms with van der Waals surface area (Å²) >= 11 is 0. The molecule has 9 heteroatoms. The standard InChI is InChI=1S/C23H34N8O/c1-14(2)18-12-20(29-28-18)26-21-16-6-4-7-17(16)25-23(27-21)31-10-5-8-19(31)22(32)24-15-9-11-30(3)13-15/h12,14-15,19H,4-11,13H2,1-3H3,(H,24,32)(H2,25,26,27,28,29)/t15-,19+/m1/s1. The number of aryl methyl sites for hydroxylation is 1. The van der Waals surface area contributed by atoms with Crippen LogP contribution in [-0.2, 0) is 17.6 Å². The highest BCUT2D eigenvalue weighted by Gasteiger charge is 2.35. The van der Waals surface area contributed by atoms with Crippen LogP contribution in [0.1, 0.15) is 62.4 Å². The lowest BCUT2D eigenvalue weighted by Gasteiger charge is -2.26. The SMILES string of the molecule is CC(C)c1cc(Nc2nc(N3CCC[C@H]3C(=O)N[C@@H]3CCN(C)C3)nc3c2CCC3)n[nH]1. The van der Waals surface area contributed by atoms with Crippen LogP contribution in [0.2, 0.25) is 0 Å². The predicted octanol–water partition coefficient (Wildman–Crippen LogP) is 2.34. The Morgan fingerprint density at radius 1 is 1.19 bits per heavy atom. The van der Waals surface area contributed by atoms with Crippen molar-refractivity contribution < 1.29 is 4.79 Å². The molecule has 0 bridgehead atoms. The van der Waals surface area contributed by atoms with Gasteiger partial charge < -0.3 is 20.4 Å². The quantitative estimate of drug-likeness (QED) is 0.636. The molecule has 0 aromatic carbocycles. The third-order valence-electron chi connectivity index (χ3n) is 6.94. The Morgan fingerprint density at radius 3 is 2.81 bits per heavy atom. The minimum Gasteiger partial charge on any atom is -0.350 e. The number of carbonyl (C=O) groups is 1. The van der Waals surface area contributed by atoms with E-state index in [1.165, 1.54) is 5.56 Å². The molecule has 172 valence electrons. The molecule has 1 amide bonds. The fourth-order valence-corrected chi connectivity index (χ4v) is 5.10. The number of amides is 1. The van der Waals surface area contributed by atoms with E-state index in [1.807, 2.05) is 6.07 Å². The number of hydrogen-bond donors (Lipinski definition) is 3. The summed E-state index contributed by atoms with van der Waals surface area (Å²) in [6.07, 6.45) is 5.84. The van der Waals surface area contributed by atoms with Gasteiger partial charge in [-0.3, -0.25) is 9.89 Å². The van der Waals surface area contributed by atoms with E-state index in [0.717, 1.165) is 81.2 Å².